The van der Waals surface area contributed by atoms with Crippen molar-refractivity contribution in [2.24, 2.45) is 0 Å². The van der Waals surface area contributed by atoms with Crippen molar-refractivity contribution in [2.75, 3.05) is 19.6 Å². The first kappa shape index (κ1) is 17.5. The number of aliphatic hydroxyl groups is 1. The molecule has 0 saturated carbocycles. The summed E-state index contributed by atoms with van der Waals surface area (Å²) >= 11 is 0. The fraction of sp³-hybridized carbons (Fsp3) is 0.348. The summed E-state index contributed by atoms with van der Waals surface area (Å²) in [5.74, 6) is 0.289. The van der Waals surface area contributed by atoms with Gasteiger partial charge in [0.05, 0.1) is 5.60 Å². The number of rotatable bonds is 2. The molecular formula is C23H24N2O3. The molecule has 1 fully saturated rings. The molecule has 5 rings (SSSR count). The van der Waals surface area contributed by atoms with Gasteiger partial charge in [0.25, 0.3) is 5.91 Å². The number of amides is 1. The average Bonchev–Trinajstić information content (AvgIpc) is 3.17. The molecule has 5 heteroatoms. The predicted octanol–water partition coefficient (Wildman–Crippen LogP) is 3.20. The molecular weight excluding hydrogens is 352 g/mol. The monoisotopic (exact) mass is 376 g/mol. The van der Waals surface area contributed by atoms with Crippen molar-refractivity contribution in [1.82, 2.24) is 10.2 Å². The van der Waals surface area contributed by atoms with Gasteiger partial charge < -0.3 is 19.7 Å². The molecule has 2 N–H and O–H groups in total. The number of hydrogen-bond donors (Lipinski definition) is 2. The van der Waals surface area contributed by atoms with Gasteiger partial charge in [-0.3, -0.25) is 4.79 Å². The zero-order valence-electron chi connectivity index (χ0n) is 15.8. The van der Waals surface area contributed by atoms with Gasteiger partial charge in [0.1, 0.15) is 5.58 Å². The van der Waals surface area contributed by atoms with Gasteiger partial charge in [-0.1, -0.05) is 30.3 Å². The molecule has 0 aliphatic carbocycles. The first-order valence-electron chi connectivity index (χ1n) is 9.96. The van der Waals surface area contributed by atoms with E-state index in [4.69, 9.17) is 4.42 Å². The van der Waals surface area contributed by atoms with Crippen LogP contribution in [-0.4, -0.2) is 35.5 Å². The van der Waals surface area contributed by atoms with Gasteiger partial charge in [-0.05, 0) is 67.2 Å². The smallest absolute Gasteiger partial charge is 0.289 e. The third kappa shape index (κ3) is 3.01. The Labute approximate surface area is 164 Å². The van der Waals surface area contributed by atoms with Crippen LogP contribution in [0.3, 0.4) is 0 Å². The summed E-state index contributed by atoms with van der Waals surface area (Å²) in [6.07, 6.45) is 2.25. The van der Waals surface area contributed by atoms with Crippen LogP contribution in [0.5, 0.6) is 0 Å². The van der Waals surface area contributed by atoms with Crippen LogP contribution in [0, 0.1) is 0 Å². The van der Waals surface area contributed by atoms with Crippen molar-refractivity contribution in [3.63, 3.8) is 0 Å². The molecule has 0 radical (unpaired) electrons. The zero-order valence-corrected chi connectivity index (χ0v) is 15.8. The first-order chi connectivity index (χ1) is 13.6. The minimum Gasteiger partial charge on any atom is -0.451 e. The van der Waals surface area contributed by atoms with Crippen molar-refractivity contribution in [3.05, 3.63) is 71.0 Å². The molecule has 5 nitrogen and oxygen atoms in total. The average molecular weight is 376 g/mol. The lowest BCUT2D eigenvalue weighted by Gasteiger charge is -2.33. The second-order valence-corrected chi connectivity index (χ2v) is 7.89. The highest BCUT2D eigenvalue weighted by molar-refractivity contribution is 5.96. The molecule has 0 bridgehead atoms. The Morgan fingerprint density at radius 2 is 1.86 bits per heavy atom. The number of fused-ring (bicyclic) bond motifs is 2. The van der Waals surface area contributed by atoms with Crippen molar-refractivity contribution < 1.29 is 14.3 Å². The maximum absolute atomic E-state index is 13.0. The Bertz CT molecular complexity index is 1030. The SMILES string of the molecule is O=C(c1cc2cc(C3(O)CCNCC3)ccc2o1)N1CCc2ccccc2C1. The molecule has 0 spiro atoms. The van der Waals surface area contributed by atoms with Crippen LogP contribution in [-0.2, 0) is 18.6 Å². The minimum atomic E-state index is -0.808. The molecule has 2 aromatic carbocycles. The number of furan rings is 1. The van der Waals surface area contributed by atoms with Crippen LogP contribution in [0.15, 0.2) is 52.9 Å². The Hall–Kier alpha value is -2.63. The summed E-state index contributed by atoms with van der Waals surface area (Å²) in [6.45, 7) is 2.93. The molecule has 2 aliphatic rings. The minimum absolute atomic E-state index is 0.0761. The molecule has 3 aromatic rings. The molecule has 0 unspecified atom stereocenters. The molecule has 28 heavy (non-hydrogen) atoms. The Balaban J connectivity index is 1.41. The van der Waals surface area contributed by atoms with Crippen molar-refractivity contribution >= 4 is 16.9 Å². The van der Waals surface area contributed by atoms with E-state index in [1.54, 1.807) is 0 Å². The largest absolute Gasteiger partial charge is 0.451 e. The molecule has 0 atom stereocenters. The van der Waals surface area contributed by atoms with E-state index in [0.717, 1.165) is 30.5 Å². The normalized spacial score (nSPS) is 18.8. The van der Waals surface area contributed by atoms with Gasteiger partial charge in [0.15, 0.2) is 5.76 Å². The lowest BCUT2D eigenvalue weighted by atomic mass is 9.85. The van der Waals surface area contributed by atoms with Crippen molar-refractivity contribution in [3.8, 4) is 0 Å². The highest BCUT2D eigenvalue weighted by atomic mass is 16.3. The highest BCUT2D eigenvalue weighted by Crippen LogP contribution is 2.33. The van der Waals surface area contributed by atoms with Crippen LogP contribution >= 0.6 is 0 Å². The fourth-order valence-electron chi connectivity index (χ4n) is 4.39. The van der Waals surface area contributed by atoms with Crippen LogP contribution in [0.25, 0.3) is 11.0 Å². The summed E-state index contributed by atoms with van der Waals surface area (Å²) < 4.78 is 5.86. The quantitative estimate of drug-likeness (QED) is 0.721. The second kappa shape index (κ2) is 6.76. The number of benzene rings is 2. The van der Waals surface area contributed by atoms with Gasteiger partial charge in [-0.15, -0.1) is 0 Å². The zero-order chi connectivity index (χ0) is 19.1. The Morgan fingerprint density at radius 1 is 1.07 bits per heavy atom. The van der Waals surface area contributed by atoms with Crippen molar-refractivity contribution in [1.29, 1.82) is 0 Å². The summed E-state index contributed by atoms with van der Waals surface area (Å²) in [5.41, 5.74) is 3.29. The Morgan fingerprint density at radius 3 is 2.68 bits per heavy atom. The van der Waals surface area contributed by atoms with Gasteiger partial charge in [0.2, 0.25) is 0 Å². The van der Waals surface area contributed by atoms with E-state index in [1.807, 2.05) is 41.3 Å². The van der Waals surface area contributed by atoms with E-state index in [9.17, 15) is 9.90 Å². The summed E-state index contributed by atoms with van der Waals surface area (Å²) in [5, 5.41) is 15.1. The number of carbonyl (C=O) groups excluding carboxylic acids is 1. The molecule has 1 amide bonds. The van der Waals surface area contributed by atoms with Crippen LogP contribution < -0.4 is 5.32 Å². The van der Waals surface area contributed by atoms with E-state index < -0.39 is 5.60 Å². The first-order valence-corrected chi connectivity index (χ1v) is 9.96. The fourth-order valence-corrected chi connectivity index (χ4v) is 4.39. The van der Waals surface area contributed by atoms with Gasteiger partial charge in [-0.25, -0.2) is 0 Å². The number of carbonyl (C=O) groups is 1. The number of nitrogens with zero attached hydrogens (tertiary/aromatic N) is 1. The lowest BCUT2D eigenvalue weighted by Crippen LogP contribution is -2.39. The summed E-state index contributed by atoms with van der Waals surface area (Å²) in [6, 6.07) is 15.8. The standard InChI is InChI=1S/C23H24N2O3/c26-22(25-12-7-16-3-1-2-4-17(16)15-25)21-14-18-13-19(5-6-20(18)28-21)23(27)8-10-24-11-9-23/h1-6,13-14,24,27H,7-12,15H2. The maximum atomic E-state index is 13.0. The number of nitrogens with one attached hydrogen (secondary N) is 1. The second-order valence-electron chi connectivity index (χ2n) is 7.89. The molecule has 1 saturated heterocycles. The molecule has 2 aliphatic heterocycles. The van der Waals surface area contributed by atoms with Crippen LogP contribution in [0.1, 0.15) is 40.1 Å². The summed E-state index contributed by atoms with van der Waals surface area (Å²) in [7, 11) is 0. The third-order valence-corrected chi connectivity index (χ3v) is 6.11. The number of hydrogen-bond acceptors (Lipinski definition) is 4. The predicted molar refractivity (Wildman–Crippen MR) is 107 cm³/mol. The van der Waals surface area contributed by atoms with E-state index in [-0.39, 0.29) is 5.91 Å². The van der Waals surface area contributed by atoms with Gasteiger partial charge >= 0.3 is 0 Å². The highest BCUT2D eigenvalue weighted by Gasteiger charge is 2.31. The van der Waals surface area contributed by atoms with Crippen molar-refractivity contribution in [2.45, 2.75) is 31.4 Å². The van der Waals surface area contributed by atoms with E-state index in [1.165, 1.54) is 11.1 Å². The third-order valence-electron chi connectivity index (χ3n) is 6.11. The van der Waals surface area contributed by atoms with E-state index in [0.29, 0.717) is 37.3 Å². The van der Waals surface area contributed by atoms with Gasteiger partial charge in [0, 0.05) is 18.5 Å². The topological polar surface area (TPSA) is 65.7 Å². The maximum Gasteiger partial charge on any atom is 0.289 e. The van der Waals surface area contributed by atoms with Crippen LogP contribution in [0.4, 0.5) is 0 Å². The lowest BCUT2D eigenvalue weighted by molar-refractivity contribution is 0.00605. The molecule has 1 aromatic heterocycles. The van der Waals surface area contributed by atoms with E-state index in [2.05, 4.69) is 17.4 Å². The van der Waals surface area contributed by atoms with E-state index >= 15 is 0 Å². The summed E-state index contributed by atoms with van der Waals surface area (Å²) in [4.78, 5) is 14.9. The molecule has 3 heterocycles. The molecule has 144 valence electrons. The van der Waals surface area contributed by atoms with Crippen LogP contribution in [0.2, 0.25) is 0 Å². The van der Waals surface area contributed by atoms with Gasteiger partial charge in [-0.2, -0.15) is 0 Å². The Kier molecular flexibility index (Phi) is 4.22. The number of piperidine rings is 1.